The third-order valence-electron chi connectivity index (χ3n) is 3.83. The highest BCUT2D eigenvalue weighted by molar-refractivity contribution is 5.81. The van der Waals surface area contributed by atoms with Crippen LogP contribution in [0.5, 0.6) is 0 Å². The SMILES string of the molecule is Cc1ccc(CN2CCN(C(=O)C(C)(C)C)CC2)cc1. The minimum atomic E-state index is -0.265. The largest absolute Gasteiger partial charge is 0.340 e. The first-order valence-corrected chi connectivity index (χ1v) is 7.43. The van der Waals surface area contributed by atoms with E-state index in [1.807, 2.05) is 25.7 Å². The van der Waals surface area contributed by atoms with Crippen molar-refractivity contribution in [2.45, 2.75) is 34.2 Å². The van der Waals surface area contributed by atoms with Gasteiger partial charge in [-0.1, -0.05) is 50.6 Å². The van der Waals surface area contributed by atoms with E-state index in [-0.39, 0.29) is 11.3 Å². The number of aryl methyl sites for hydroxylation is 1. The van der Waals surface area contributed by atoms with Crippen LogP contribution >= 0.6 is 0 Å². The fourth-order valence-corrected chi connectivity index (χ4v) is 2.54. The van der Waals surface area contributed by atoms with Gasteiger partial charge < -0.3 is 4.90 Å². The molecule has 0 radical (unpaired) electrons. The average Bonchev–Trinajstić information content (AvgIpc) is 2.40. The van der Waals surface area contributed by atoms with Crippen LogP contribution in [0.1, 0.15) is 31.9 Å². The Hall–Kier alpha value is -1.35. The molecule has 0 atom stereocenters. The van der Waals surface area contributed by atoms with Crippen molar-refractivity contribution in [2.24, 2.45) is 5.41 Å². The summed E-state index contributed by atoms with van der Waals surface area (Å²) in [5.41, 5.74) is 2.39. The number of amides is 1. The minimum Gasteiger partial charge on any atom is -0.340 e. The Balaban J connectivity index is 1.85. The van der Waals surface area contributed by atoms with E-state index in [2.05, 4.69) is 36.1 Å². The number of hydrogen-bond acceptors (Lipinski definition) is 2. The lowest BCUT2D eigenvalue weighted by Gasteiger charge is -2.37. The predicted octanol–water partition coefficient (Wildman–Crippen LogP) is 2.69. The zero-order chi connectivity index (χ0) is 14.8. The molecule has 1 aliphatic rings. The zero-order valence-corrected chi connectivity index (χ0v) is 13.1. The van der Waals surface area contributed by atoms with Crippen molar-refractivity contribution in [3.8, 4) is 0 Å². The van der Waals surface area contributed by atoms with Crippen molar-refractivity contribution in [3.63, 3.8) is 0 Å². The van der Waals surface area contributed by atoms with Crippen molar-refractivity contribution in [2.75, 3.05) is 26.2 Å². The number of benzene rings is 1. The van der Waals surface area contributed by atoms with Crippen LogP contribution < -0.4 is 0 Å². The number of piperazine rings is 1. The molecule has 0 aromatic heterocycles. The van der Waals surface area contributed by atoms with Gasteiger partial charge in [-0.05, 0) is 12.5 Å². The smallest absolute Gasteiger partial charge is 0.228 e. The monoisotopic (exact) mass is 274 g/mol. The van der Waals surface area contributed by atoms with E-state index in [0.717, 1.165) is 32.7 Å². The third kappa shape index (κ3) is 3.83. The van der Waals surface area contributed by atoms with Crippen LogP contribution in [0, 0.1) is 12.3 Å². The minimum absolute atomic E-state index is 0.265. The molecular formula is C17H26N2O. The van der Waals surface area contributed by atoms with Gasteiger partial charge in [0.2, 0.25) is 5.91 Å². The van der Waals surface area contributed by atoms with Crippen LogP contribution in [-0.2, 0) is 11.3 Å². The van der Waals surface area contributed by atoms with Crippen LogP contribution in [0.4, 0.5) is 0 Å². The topological polar surface area (TPSA) is 23.6 Å². The molecule has 0 bridgehead atoms. The molecule has 1 aliphatic heterocycles. The summed E-state index contributed by atoms with van der Waals surface area (Å²) in [5.74, 6) is 0.271. The van der Waals surface area contributed by atoms with E-state index in [0.29, 0.717) is 0 Å². The molecule has 1 aromatic rings. The summed E-state index contributed by atoms with van der Waals surface area (Å²) in [5, 5.41) is 0. The number of carbonyl (C=O) groups excluding carboxylic acids is 1. The highest BCUT2D eigenvalue weighted by Gasteiger charge is 2.29. The number of hydrogen-bond donors (Lipinski definition) is 0. The van der Waals surface area contributed by atoms with Gasteiger partial charge in [0.05, 0.1) is 0 Å². The standard InChI is InChI=1S/C17H26N2O/c1-14-5-7-15(8-6-14)13-18-9-11-19(12-10-18)16(20)17(2,3)4/h5-8H,9-13H2,1-4H3. The molecule has 1 saturated heterocycles. The van der Waals surface area contributed by atoms with Crippen LogP contribution in [0.3, 0.4) is 0 Å². The molecular weight excluding hydrogens is 248 g/mol. The fraction of sp³-hybridized carbons (Fsp3) is 0.588. The van der Waals surface area contributed by atoms with Gasteiger partial charge in [-0.3, -0.25) is 9.69 Å². The van der Waals surface area contributed by atoms with Gasteiger partial charge >= 0.3 is 0 Å². The molecule has 0 N–H and O–H groups in total. The third-order valence-corrected chi connectivity index (χ3v) is 3.83. The maximum Gasteiger partial charge on any atom is 0.228 e. The van der Waals surface area contributed by atoms with Crippen molar-refractivity contribution < 1.29 is 4.79 Å². The molecule has 3 heteroatoms. The highest BCUT2D eigenvalue weighted by Crippen LogP contribution is 2.19. The lowest BCUT2D eigenvalue weighted by molar-refractivity contribution is -0.141. The van der Waals surface area contributed by atoms with Crippen molar-refractivity contribution in [1.82, 2.24) is 9.80 Å². The first-order chi connectivity index (χ1) is 9.36. The molecule has 1 fully saturated rings. The molecule has 110 valence electrons. The Morgan fingerprint density at radius 1 is 1.05 bits per heavy atom. The van der Waals surface area contributed by atoms with E-state index < -0.39 is 0 Å². The van der Waals surface area contributed by atoms with E-state index in [9.17, 15) is 4.79 Å². The normalized spacial score (nSPS) is 17.3. The lowest BCUT2D eigenvalue weighted by atomic mass is 9.94. The van der Waals surface area contributed by atoms with Gasteiger partial charge in [0.15, 0.2) is 0 Å². The molecule has 0 spiro atoms. The van der Waals surface area contributed by atoms with Gasteiger partial charge in [-0.15, -0.1) is 0 Å². The second-order valence-corrected chi connectivity index (χ2v) is 6.80. The molecule has 2 rings (SSSR count). The molecule has 3 nitrogen and oxygen atoms in total. The van der Waals surface area contributed by atoms with Gasteiger partial charge in [0, 0.05) is 38.1 Å². The van der Waals surface area contributed by atoms with Crippen LogP contribution in [-0.4, -0.2) is 41.9 Å². The van der Waals surface area contributed by atoms with Crippen LogP contribution in [0.25, 0.3) is 0 Å². The van der Waals surface area contributed by atoms with Gasteiger partial charge in [0.25, 0.3) is 0 Å². The Morgan fingerprint density at radius 2 is 1.60 bits per heavy atom. The first-order valence-electron chi connectivity index (χ1n) is 7.43. The second kappa shape index (κ2) is 5.96. The van der Waals surface area contributed by atoms with E-state index in [1.165, 1.54) is 11.1 Å². The number of nitrogens with zero attached hydrogens (tertiary/aromatic N) is 2. The van der Waals surface area contributed by atoms with Crippen molar-refractivity contribution in [1.29, 1.82) is 0 Å². The number of carbonyl (C=O) groups is 1. The number of rotatable bonds is 2. The van der Waals surface area contributed by atoms with E-state index in [4.69, 9.17) is 0 Å². The molecule has 0 unspecified atom stereocenters. The summed E-state index contributed by atoms with van der Waals surface area (Å²) < 4.78 is 0. The van der Waals surface area contributed by atoms with Crippen LogP contribution in [0.15, 0.2) is 24.3 Å². The van der Waals surface area contributed by atoms with Gasteiger partial charge in [-0.2, -0.15) is 0 Å². The van der Waals surface area contributed by atoms with Crippen molar-refractivity contribution >= 4 is 5.91 Å². The summed E-state index contributed by atoms with van der Waals surface area (Å²) in [4.78, 5) is 16.7. The fourth-order valence-electron chi connectivity index (χ4n) is 2.54. The van der Waals surface area contributed by atoms with Gasteiger partial charge in [0.1, 0.15) is 0 Å². The molecule has 1 heterocycles. The summed E-state index contributed by atoms with van der Waals surface area (Å²) in [6.07, 6.45) is 0. The van der Waals surface area contributed by atoms with Gasteiger partial charge in [-0.25, -0.2) is 0 Å². The molecule has 1 aromatic carbocycles. The quantitative estimate of drug-likeness (QED) is 0.828. The Labute approximate surface area is 122 Å². The van der Waals surface area contributed by atoms with E-state index >= 15 is 0 Å². The summed E-state index contributed by atoms with van der Waals surface area (Å²) in [7, 11) is 0. The van der Waals surface area contributed by atoms with Crippen LogP contribution in [0.2, 0.25) is 0 Å². The molecule has 0 saturated carbocycles. The molecule has 0 aliphatic carbocycles. The second-order valence-electron chi connectivity index (χ2n) is 6.80. The Bertz CT molecular complexity index is 451. The van der Waals surface area contributed by atoms with E-state index in [1.54, 1.807) is 0 Å². The summed E-state index contributed by atoms with van der Waals surface area (Å²) in [6.45, 7) is 12.7. The average molecular weight is 274 g/mol. The predicted molar refractivity (Wildman–Crippen MR) is 82.5 cm³/mol. The Morgan fingerprint density at radius 3 is 2.10 bits per heavy atom. The summed E-state index contributed by atoms with van der Waals surface area (Å²) in [6, 6.07) is 8.72. The zero-order valence-electron chi connectivity index (χ0n) is 13.1. The lowest BCUT2D eigenvalue weighted by Crippen LogP contribution is -2.51. The Kier molecular flexibility index (Phi) is 4.48. The highest BCUT2D eigenvalue weighted by atomic mass is 16.2. The molecule has 20 heavy (non-hydrogen) atoms. The summed E-state index contributed by atoms with van der Waals surface area (Å²) >= 11 is 0. The van der Waals surface area contributed by atoms with Crippen molar-refractivity contribution in [3.05, 3.63) is 35.4 Å². The maximum absolute atomic E-state index is 12.2. The first kappa shape index (κ1) is 15.0. The molecule has 1 amide bonds. The maximum atomic E-state index is 12.2.